The molecule has 1 unspecified atom stereocenters. The van der Waals surface area contributed by atoms with Crippen molar-refractivity contribution in [2.24, 2.45) is 5.14 Å². The Hall–Kier alpha value is -3.11. The quantitative estimate of drug-likeness (QED) is 0.626. The normalized spacial score (nSPS) is 13.1. The van der Waals surface area contributed by atoms with E-state index >= 15 is 0 Å². The van der Waals surface area contributed by atoms with E-state index in [9.17, 15) is 26.4 Å². The number of carbonyl (C=O) groups excluding carboxylic acids is 1. The molecule has 1 aromatic heterocycles. The third-order valence-electron chi connectivity index (χ3n) is 4.34. The van der Waals surface area contributed by atoms with Gasteiger partial charge in [-0.15, -0.1) is 0 Å². The SMILES string of the molecule is CC(NC(=O)c1ccc(-c2cccc(C(F)(F)F)c2)o1)c1cccc(S(N)(=O)=O)c1. The molecule has 1 heterocycles. The van der Waals surface area contributed by atoms with Crippen LogP contribution in [0.2, 0.25) is 0 Å². The number of primary sulfonamides is 1. The maximum absolute atomic E-state index is 12.9. The van der Waals surface area contributed by atoms with Gasteiger partial charge in [-0.25, -0.2) is 13.6 Å². The fraction of sp³-hybridized carbons (Fsp3) is 0.150. The van der Waals surface area contributed by atoms with Gasteiger partial charge in [0.2, 0.25) is 10.0 Å². The molecule has 0 saturated carbocycles. The first-order chi connectivity index (χ1) is 13.9. The molecule has 0 saturated heterocycles. The molecular formula is C20H17F3N2O4S. The highest BCUT2D eigenvalue weighted by atomic mass is 32.2. The number of halogens is 3. The number of furan rings is 1. The van der Waals surface area contributed by atoms with E-state index < -0.39 is 33.7 Å². The number of alkyl halides is 3. The highest BCUT2D eigenvalue weighted by Gasteiger charge is 2.30. The number of amides is 1. The Morgan fingerprint density at radius 1 is 1.07 bits per heavy atom. The molecule has 3 aromatic rings. The number of nitrogens with two attached hydrogens (primary N) is 1. The second-order valence-corrected chi connectivity index (χ2v) is 8.12. The molecule has 0 aliphatic heterocycles. The topological polar surface area (TPSA) is 102 Å². The molecule has 0 aliphatic carbocycles. The largest absolute Gasteiger partial charge is 0.451 e. The zero-order valence-corrected chi connectivity index (χ0v) is 16.4. The van der Waals surface area contributed by atoms with Crippen molar-refractivity contribution in [3.05, 3.63) is 77.6 Å². The van der Waals surface area contributed by atoms with Gasteiger partial charge in [-0.2, -0.15) is 13.2 Å². The summed E-state index contributed by atoms with van der Waals surface area (Å²) in [5, 5.41) is 7.76. The maximum atomic E-state index is 12.9. The van der Waals surface area contributed by atoms with Gasteiger partial charge in [-0.1, -0.05) is 24.3 Å². The predicted octanol–water partition coefficient (Wildman–Crippen LogP) is 4.10. The predicted molar refractivity (Wildman–Crippen MR) is 103 cm³/mol. The van der Waals surface area contributed by atoms with Crippen molar-refractivity contribution in [1.82, 2.24) is 5.32 Å². The van der Waals surface area contributed by atoms with Crippen molar-refractivity contribution >= 4 is 15.9 Å². The highest BCUT2D eigenvalue weighted by Crippen LogP contribution is 2.32. The molecule has 0 radical (unpaired) electrons. The van der Waals surface area contributed by atoms with Crippen LogP contribution in [0.15, 0.2) is 70.0 Å². The van der Waals surface area contributed by atoms with Crippen LogP contribution >= 0.6 is 0 Å². The Morgan fingerprint density at radius 3 is 2.43 bits per heavy atom. The molecule has 0 fully saturated rings. The molecule has 1 amide bonds. The number of rotatable bonds is 5. The fourth-order valence-electron chi connectivity index (χ4n) is 2.78. The van der Waals surface area contributed by atoms with Crippen molar-refractivity contribution in [2.45, 2.75) is 24.0 Å². The van der Waals surface area contributed by atoms with Gasteiger partial charge < -0.3 is 9.73 Å². The first-order valence-corrected chi connectivity index (χ1v) is 10.2. The fourth-order valence-corrected chi connectivity index (χ4v) is 3.34. The molecule has 30 heavy (non-hydrogen) atoms. The lowest BCUT2D eigenvalue weighted by Crippen LogP contribution is -2.26. The Kier molecular flexibility index (Phi) is 5.73. The number of hydrogen-bond donors (Lipinski definition) is 2. The number of hydrogen-bond acceptors (Lipinski definition) is 4. The van der Waals surface area contributed by atoms with E-state index in [1.54, 1.807) is 13.0 Å². The summed E-state index contributed by atoms with van der Waals surface area (Å²) in [4.78, 5) is 12.4. The molecule has 3 N–H and O–H groups in total. The van der Waals surface area contributed by atoms with Gasteiger partial charge in [-0.3, -0.25) is 4.79 Å². The van der Waals surface area contributed by atoms with Gasteiger partial charge in [0.15, 0.2) is 5.76 Å². The van der Waals surface area contributed by atoms with E-state index in [1.165, 1.54) is 42.5 Å². The monoisotopic (exact) mass is 438 g/mol. The van der Waals surface area contributed by atoms with Gasteiger partial charge >= 0.3 is 6.18 Å². The molecule has 158 valence electrons. The van der Waals surface area contributed by atoms with Crippen LogP contribution in [0.3, 0.4) is 0 Å². The van der Waals surface area contributed by atoms with Gasteiger partial charge in [0.05, 0.1) is 16.5 Å². The lowest BCUT2D eigenvalue weighted by Gasteiger charge is -2.14. The summed E-state index contributed by atoms with van der Waals surface area (Å²) >= 11 is 0. The Bertz CT molecular complexity index is 1190. The molecule has 1 atom stereocenters. The first-order valence-electron chi connectivity index (χ1n) is 8.66. The van der Waals surface area contributed by atoms with Crippen molar-refractivity contribution in [3.8, 4) is 11.3 Å². The van der Waals surface area contributed by atoms with Crippen LogP contribution in [0, 0.1) is 0 Å². The zero-order chi connectivity index (χ0) is 22.1. The molecular weight excluding hydrogens is 421 g/mol. The van der Waals surface area contributed by atoms with Crippen LogP contribution in [0.1, 0.15) is 34.6 Å². The molecule has 0 bridgehead atoms. The van der Waals surface area contributed by atoms with Crippen LogP contribution in [-0.2, 0) is 16.2 Å². The standard InChI is InChI=1S/C20H17F3N2O4S/c1-12(13-4-3-7-16(11-13)30(24,27)28)25-19(26)18-9-8-17(29-18)14-5-2-6-15(10-14)20(21,22)23/h2-12H,1H3,(H,25,26)(H2,24,27,28). The summed E-state index contributed by atoms with van der Waals surface area (Å²) in [6, 6.07) is 12.5. The van der Waals surface area contributed by atoms with E-state index in [1.807, 2.05) is 0 Å². The summed E-state index contributed by atoms with van der Waals surface area (Å²) in [6.07, 6.45) is -4.50. The second-order valence-electron chi connectivity index (χ2n) is 6.56. The van der Waals surface area contributed by atoms with Gasteiger partial charge in [0.25, 0.3) is 5.91 Å². The molecule has 0 spiro atoms. The second kappa shape index (κ2) is 7.96. The minimum Gasteiger partial charge on any atom is -0.451 e. The molecule has 3 rings (SSSR count). The van der Waals surface area contributed by atoms with Crippen LogP contribution in [0.4, 0.5) is 13.2 Å². The van der Waals surface area contributed by atoms with Crippen LogP contribution in [-0.4, -0.2) is 14.3 Å². The summed E-state index contributed by atoms with van der Waals surface area (Å²) in [6.45, 7) is 1.64. The molecule has 0 aliphatic rings. The lowest BCUT2D eigenvalue weighted by molar-refractivity contribution is -0.137. The molecule has 6 nitrogen and oxygen atoms in total. The average molecular weight is 438 g/mol. The highest BCUT2D eigenvalue weighted by molar-refractivity contribution is 7.89. The number of sulfonamides is 1. The van der Waals surface area contributed by atoms with Crippen LogP contribution < -0.4 is 10.5 Å². The van der Waals surface area contributed by atoms with Crippen molar-refractivity contribution in [2.75, 3.05) is 0 Å². The van der Waals surface area contributed by atoms with E-state index in [4.69, 9.17) is 9.56 Å². The Balaban J connectivity index is 1.77. The number of benzene rings is 2. The maximum Gasteiger partial charge on any atom is 0.416 e. The van der Waals surface area contributed by atoms with Crippen LogP contribution in [0.25, 0.3) is 11.3 Å². The van der Waals surface area contributed by atoms with Crippen molar-refractivity contribution < 1.29 is 30.8 Å². The van der Waals surface area contributed by atoms with Crippen molar-refractivity contribution in [1.29, 1.82) is 0 Å². The number of nitrogens with one attached hydrogen (secondary N) is 1. The summed E-state index contributed by atoms with van der Waals surface area (Å²) in [7, 11) is -3.89. The minimum atomic E-state index is -4.50. The zero-order valence-electron chi connectivity index (χ0n) is 15.6. The van der Waals surface area contributed by atoms with Crippen LogP contribution in [0.5, 0.6) is 0 Å². The Labute approximate surface area is 170 Å². The summed E-state index contributed by atoms with van der Waals surface area (Å²) in [5.41, 5.74) is -0.150. The molecule has 10 heteroatoms. The average Bonchev–Trinajstić information content (AvgIpc) is 3.17. The van der Waals surface area contributed by atoms with E-state index in [0.717, 1.165) is 12.1 Å². The Morgan fingerprint density at radius 2 is 1.77 bits per heavy atom. The first kappa shape index (κ1) is 21.6. The third-order valence-corrected chi connectivity index (χ3v) is 5.25. The minimum absolute atomic E-state index is 0.0917. The van der Waals surface area contributed by atoms with Crippen molar-refractivity contribution in [3.63, 3.8) is 0 Å². The van der Waals surface area contributed by atoms with E-state index in [0.29, 0.717) is 5.56 Å². The van der Waals surface area contributed by atoms with Gasteiger partial charge in [-0.05, 0) is 48.9 Å². The lowest BCUT2D eigenvalue weighted by atomic mass is 10.1. The summed E-state index contributed by atoms with van der Waals surface area (Å²) < 4.78 is 67.0. The molecule has 2 aromatic carbocycles. The van der Waals surface area contributed by atoms with Gasteiger partial charge in [0.1, 0.15) is 5.76 Å². The van der Waals surface area contributed by atoms with Gasteiger partial charge in [0, 0.05) is 5.56 Å². The third kappa shape index (κ3) is 4.89. The number of carbonyl (C=O) groups is 1. The summed E-state index contributed by atoms with van der Waals surface area (Å²) in [5.74, 6) is -0.603. The smallest absolute Gasteiger partial charge is 0.416 e. The van der Waals surface area contributed by atoms with E-state index in [-0.39, 0.29) is 22.0 Å². The van der Waals surface area contributed by atoms with E-state index in [2.05, 4.69) is 5.32 Å².